The van der Waals surface area contributed by atoms with E-state index in [1.54, 1.807) is 0 Å². The van der Waals surface area contributed by atoms with Gasteiger partial charge in [0.2, 0.25) is 0 Å². The average Bonchev–Trinajstić information content (AvgIpc) is 2.66. The molecule has 0 saturated heterocycles. The van der Waals surface area contributed by atoms with Crippen molar-refractivity contribution < 1.29 is 9.53 Å². The highest BCUT2D eigenvalue weighted by molar-refractivity contribution is 5.74. The molecule has 1 atom stereocenters. The molecule has 84 valence electrons. The minimum atomic E-state index is -0.181. The molecule has 0 aliphatic carbocycles. The van der Waals surface area contributed by atoms with E-state index in [9.17, 15) is 4.79 Å². The van der Waals surface area contributed by atoms with Crippen molar-refractivity contribution in [3.05, 3.63) is 24.5 Å². The molecule has 0 amide bonds. The maximum Gasteiger partial charge on any atom is 0.329 e. The second kappa shape index (κ2) is 5.59. The van der Waals surface area contributed by atoms with Crippen LogP contribution in [-0.4, -0.2) is 17.1 Å². The lowest BCUT2D eigenvalue weighted by molar-refractivity contribution is -0.147. The highest BCUT2D eigenvalue weighted by Gasteiger charge is 2.21. The lowest BCUT2D eigenvalue weighted by Gasteiger charge is -2.19. The summed E-state index contributed by atoms with van der Waals surface area (Å²) in [5.41, 5.74) is 0. The molecule has 0 aromatic carbocycles. The predicted molar refractivity (Wildman–Crippen MR) is 59.6 cm³/mol. The molecule has 0 bridgehead atoms. The fourth-order valence-electron chi connectivity index (χ4n) is 1.58. The molecule has 3 heteroatoms. The van der Waals surface area contributed by atoms with Crippen molar-refractivity contribution in [2.24, 2.45) is 5.92 Å². The van der Waals surface area contributed by atoms with Gasteiger partial charge in [0.05, 0.1) is 6.61 Å². The van der Waals surface area contributed by atoms with Gasteiger partial charge in [-0.2, -0.15) is 0 Å². The van der Waals surface area contributed by atoms with Crippen LogP contribution in [0.2, 0.25) is 0 Å². The van der Waals surface area contributed by atoms with Crippen molar-refractivity contribution in [2.45, 2.75) is 33.2 Å². The van der Waals surface area contributed by atoms with Crippen LogP contribution in [0.1, 0.15) is 33.2 Å². The summed E-state index contributed by atoms with van der Waals surface area (Å²) in [6, 6.07) is 3.67. The van der Waals surface area contributed by atoms with Crippen LogP contribution >= 0.6 is 0 Å². The zero-order valence-electron chi connectivity index (χ0n) is 9.64. The maximum atomic E-state index is 11.7. The summed E-state index contributed by atoms with van der Waals surface area (Å²) in [4.78, 5) is 11.7. The topological polar surface area (TPSA) is 31.2 Å². The van der Waals surface area contributed by atoms with Gasteiger partial charge in [-0.1, -0.05) is 13.8 Å². The van der Waals surface area contributed by atoms with Gasteiger partial charge in [-0.15, -0.1) is 0 Å². The number of hydrogen-bond donors (Lipinski definition) is 0. The second-order valence-corrected chi connectivity index (χ2v) is 4.03. The Hall–Kier alpha value is -1.25. The van der Waals surface area contributed by atoms with E-state index in [0.717, 1.165) is 6.42 Å². The summed E-state index contributed by atoms with van der Waals surface area (Å²) in [6.07, 6.45) is 4.63. The largest absolute Gasteiger partial charge is 0.464 e. The highest BCUT2D eigenvalue weighted by atomic mass is 16.5. The lowest BCUT2D eigenvalue weighted by Crippen LogP contribution is -2.22. The predicted octanol–water partition coefficient (Wildman–Crippen LogP) is 2.64. The minimum Gasteiger partial charge on any atom is -0.464 e. The van der Waals surface area contributed by atoms with E-state index in [2.05, 4.69) is 13.8 Å². The van der Waals surface area contributed by atoms with E-state index in [0.29, 0.717) is 12.5 Å². The third-order valence-corrected chi connectivity index (χ3v) is 2.24. The van der Waals surface area contributed by atoms with E-state index in [1.165, 1.54) is 0 Å². The van der Waals surface area contributed by atoms with Crippen molar-refractivity contribution >= 4 is 5.97 Å². The Morgan fingerprint density at radius 3 is 2.40 bits per heavy atom. The Morgan fingerprint density at radius 1 is 1.33 bits per heavy atom. The standard InChI is InChI=1S/C12H19NO2/c1-4-15-12(14)11(9-10(2)3)13-7-5-6-8-13/h5-8,10-11H,4,9H2,1-3H3/t11-/m0/s1. The zero-order valence-corrected chi connectivity index (χ0v) is 9.64. The molecule has 1 heterocycles. The Bertz CT molecular complexity index is 291. The van der Waals surface area contributed by atoms with Gasteiger partial charge in [-0.25, -0.2) is 4.79 Å². The van der Waals surface area contributed by atoms with Crippen LogP contribution in [0.5, 0.6) is 0 Å². The number of carbonyl (C=O) groups excluding carboxylic acids is 1. The van der Waals surface area contributed by atoms with Crippen LogP contribution in [0.4, 0.5) is 0 Å². The molecule has 0 aliphatic rings. The van der Waals surface area contributed by atoms with Crippen molar-refractivity contribution in [3.63, 3.8) is 0 Å². The quantitative estimate of drug-likeness (QED) is 0.698. The first-order chi connectivity index (χ1) is 7.15. The van der Waals surface area contributed by atoms with Gasteiger partial charge in [-0.05, 0) is 31.4 Å². The number of esters is 1. The van der Waals surface area contributed by atoms with Crippen LogP contribution in [0, 0.1) is 5.92 Å². The third kappa shape index (κ3) is 3.42. The third-order valence-electron chi connectivity index (χ3n) is 2.24. The maximum absolute atomic E-state index is 11.7. The molecule has 0 aliphatic heterocycles. The molecule has 1 rings (SSSR count). The first-order valence-electron chi connectivity index (χ1n) is 5.44. The van der Waals surface area contributed by atoms with Gasteiger partial charge in [0.15, 0.2) is 0 Å². The normalized spacial score (nSPS) is 12.8. The Labute approximate surface area is 91.0 Å². The summed E-state index contributed by atoms with van der Waals surface area (Å²) < 4.78 is 6.98. The monoisotopic (exact) mass is 209 g/mol. The highest BCUT2D eigenvalue weighted by Crippen LogP contribution is 2.19. The van der Waals surface area contributed by atoms with Gasteiger partial charge in [0.25, 0.3) is 0 Å². The fraction of sp³-hybridized carbons (Fsp3) is 0.583. The van der Waals surface area contributed by atoms with Crippen molar-refractivity contribution in [1.29, 1.82) is 0 Å². The average molecular weight is 209 g/mol. The molecule has 0 fully saturated rings. The van der Waals surface area contributed by atoms with Gasteiger partial charge < -0.3 is 9.30 Å². The first kappa shape index (κ1) is 11.8. The van der Waals surface area contributed by atoms with Crippen molar-refractivity contribution in [2.75, 3.05) is 6.61 Å². The number of nitrogens with zero attached hydrogens (tertiary/aromatic N) is 1. The van der Waals surface area contributed by atoms with E-state index < -0.39 is 0 Å². The lowest BCUT2D eigenvalue weighted by atomic mass is 10.0. The molecule has 3 nitrogen and oxygen atoms in total. The number of hydrogen-bond acceptors (Lipinski definition) is 2. The molecular formula is C12H19NO2. The summed E-state index contributed by atoms with van der Waals surface area (Å²) in [6.45, 7) is 6.49. The summed E-state index contributed by atoms with van der Waals surface area (Å²) >= 11 is 0. The Kier molecular flexibility index (Phi) is 4.40. The fourth-order valence-corrected chi connectivity index (χ4v) is 1.58. The van der Waals surface area contributed by atoms with E-state index in [1.807, 2.05) is 36.0 Å². The van der Waals surface area contributed by atoms with Crippen molar-refractivity contribution in [1.82, 2.24) is 4.57 Å². The van der Waals surface area contributed by atoms with Crippen LogP contribution in [-0.2, 0) is 9.53 Å². The molecule has 0 radical (unpaired) electrons. The molecule has 1 aromatic heterocycles. The molecule has 0 spiro atoms. The van der Waals surface area contributed by atoms with Gasteiger partial charge in [-0.3, -0.25) is 0 Å². The van der Waals surface area contributed by atoms with E-state index >= 15 is 0 Å². The molecule has 0 N–H and O–H groups in total. The van der Waals surface area contributed by atoms with Crippen molar-refractivity contribution in [3.8, 4) is 0 Å². The van der Waals surface area contributed by atoms with Gasteiger partial charge in [0.1, 0.15) is 6.04 Å². The number of rotatable bonds is 5. The summed E-state index contributed by atoms with van der Waals surface area (Å²) in [7, 11) is 0. The van der Waals surface area contributed by atoms with E-state index in [-0.39, 0.29) is 12.0 Å². The molecule has 0 unspecified atom stereocenters. The molecular weight excluding hydrogens is 190 g/mol. The van der Waals surface area contributed by atoms with Gasteiger partial charge in [0, 0.05) is 12.4 Å². The van der Waals surface area contributed by atoms with E-state index in [4.69, 9.17) is 4.74 Å². The van der Waals surface area contributed by atoms with Gasteiger partial charge >= 0.3 is 5.97 Å². The van der Waals surface area contributed by atoms with Crippen LogP contribution < -0.4 is 0 Å². The molecule has 0 saturated carbocycles. The first-order valence-corrected chi connectivity index (χ1v) is 5.44. The Balaban J connectivity index is 2.74. The molecule has 15 heavy (non-hydrogen) atoms. The Morgan fingerprint density at radius 2 is 1.93 bits per heavy atom. The summed E-state index contributed by atoms with van der Waals surface area (Å²) in [5.74, 6) is 0.337. The summed E-state index contributed by atoms with van der Waals surface area (Å²) in [5, 5.41) is 0. The number of aromatic nitrogens is 1. The smallest absolute Gasteiger partial charge is 0.329 e. The number of carbonyl (C=O) groups is 1. The van der Waals surface area contributed by atoms with Crippen LogP contribution in [0.15, 0.2) is 24.5 Å². The minimum absolute atomic E-state index is 0.137. The van der Waals surface area contributed by atoms with Crippen LogP contribution in [0.25, 0.3) is 0 Å². The SMILES string of the molecule is CCOC(=O)[C@H](CC(C)C)n1cccc1. The van der Waals surface area contributed by atoms with Crippen LogP contribution in [0.3, 0.4) is 0 Å². The zero-order chi connectivity index (χ0) is 11.3. The molecule has 1 aromatic rings. The number of ether oxygens (including phenoxy) is 1. The second-order valence-electron chi connectivity index (χ2n) is 4.03.